The van der Waals surface area contributed by atoms with E-state index in [4.69, 9.17) is 15.2 Å². The molecule has 0 spiro atoms. The number of benzene rings is 2. The summed E-state index contributed by atoms with van der Waals surface area (Å²) >= 11 is 0. The zero-order valence-corrected chi connectivity index (χ0v) is 17.2. The van der Waals surface area contributed by atoms with Gasteiger partial charge in [0.2, 0.25) is 6.79 Å². The van der Waals surface area contributed by atoms with Crippen molar-refractivity contribution < 1.29 is 18.3 Å². The Morgan fingerprint density at radius 1 is 0.969 bits per heavy atom. The lowest BCUT2D eigenvalue weighted by Crippen LogP contribution is -2.46. The van der Waals surface area contributed by atoms with Crippen molar-refractivity contribution in [1.29, 1.82) is 0 Å². The van der Waals surface area contributed by atoms with Crippen molar-refractivity contribution >= 4 is 23.0 Å². The third-order valence-corrected chi connectivity index (χ3v) is 5.56. The number of ether oxygens (including phenoxy) is 2. The number of nitrogen functional groups attached to an aromatic ring is 1. The van der Waals surface area contributed by atoms with Gasteiger partial charge in [-0.3, -0.25) is 4.90 Å². The van der Waals surface area contributed by atoms with Crippen molar-refractivity contribution in [2.75, 3.05) is 48.9 Å². The van der Waals surface area contributed by atoms with Crippen LogP contribution < -0.4 is 25.4 Å². The van der Waals surface area contributed by atoms with Crippen molar-refractivity contribution in [1.82, 2.24) is 14.9 Å². The number of nitrogens with zero attached hydrogens (tertiary/aromatic N) is 4. The van der Waals surface area contributed by atoms with Crippen molar-refractivity contribution in [2.24, 2.45) is 0 Å². The summed E-state index contributed by atoms with van der Waals surface area (Å²) < 4.78 is 38.3. The average Bonchev–Trinajstić information content (AvgIpc) is 3.26. The number of aromatic nitrogens is 2. The number of fused-ring (bicyclic) bond motifs is 1. The van der Waals surface area contributed by atoms with E-state index in [1.807, 2.05) is 18.2 Å². The first-order chi connectivity index (χ1) is 15.6. The predicted molar refractivity (Wildman–Crippen MR) is 116 cm³/mol. The van der Waals surface area contributed by atoms with E-state index in [1.54, 1.807) is 0 Å². The molecule has 166 valence electrons. The topological polar surface area (TPSA) is 88.8 Å². The Labute approximate surface area is 183 Å². The Balaban J connectivity index is 1.24. The molecule has 8 nitrogen and oxygen atoms in total. The molecule has 0 unspecified atom stereocenters. The highest BCUT2D eigenvalue weighted by atomic mass is 19.1. The van der Waals surface area contributed by atoms with Gasteiger partial charge in [-0.25, -0.2) is 18.7 Å². The zero-order chi connectivity index (χ0) is 22.1. The molecular formula is C22H22F2N6O2. The minimum absolute atomic E-state index is 0.0325. The van der Waals surface area contributed by atoms with Crippen LogP contribution in [0.4, 0.5) is 31.8 Å². The first-order valence-electron chi connectivity index (χ1n) is 10.3. The van der Waals surface area contributed by atoms with Gasteiger partial charge in [0, 0.05) is 38.8 Å². The Morgan fingerprint density at radius 3 is 2.62 bits per heavy atom. The molecule has 0 saturated carbocycles. The van der Waals surface area contributed by atoms with Gasteiger partial charge >= 0.3 is 0 Å². The number of halogens is 2. The third-order valence-electron chi connectivity index (χ3n) is 5.56. The number of anilines is 4. The molecule has 0 bridgehead atoms. The summed E-state index contributed by atoms with van der Waals surface area (Å²) in [5.41, 5.74) is 7.70. The lowest BCUT2D eigenvalue weighted by Gasteiger charge is -2.36. The van der Waals surface area contributed by atoms with Crippen molar-refractivity contribution in [2.45, 2.75) is 6.54 Å². The van der Waals surface area contributed by atoms with Crippen LogP contribution in [0.1, 0.15) is 5.56 Å². The maximum atomic E-state index is 14.0. The molecule has 0 aliphatic carbocycles. The first-order valence-corrected chi connectivity index (χ1v) is 10.3. The SMILES string of the molecule is Nc1c(Nc2cc(F)ccc2F)ncnc1N1CCN(Cc2ccc3c(c2)OCO3)CC1. The first kappa shape index (κ1) is 20.3. The van der Waals surface area contributed by atoms with Crippen LogP contribution in [-0.4, -0.2) is 47.8 Å². The van der Waals surface area contributed by atoms with E-state index in [-0.39, 0.29) is 18.3 Å². The summed E-state index contributed by atoms with van der Waals surface area (Å²) in [6, 6.07) is 9.16. The number of nitrogens with two attached hydrogens (primary N) is 1. The predicted octanol–water partition coefficient (Wildman–Crippen LogP) is 3.13. The normalized spacial score (nSPS) is 15.8. The largest absolute Gasteiger partial charge is 0.454 e. The van der Waals surface area contributed by atoms with E-state index < -0.39 is 11.6 Å². The lowest BCUT2D eigenvalue weighted by atomic mass is 10.1. The second-order valence-corrected chi connectivity index (χ2v) is 7.66. The molecule has 2 aliphatic heterocycles. The second-order valence-electron chi connectivity index (χ2n) is 7.66. The molecule has 2 aromatic carbocycles. The Bertz CT molecular complexity index is 1140. The van der Waals surface area contributed by atoms with Gasteiger partial charge in [0.05, 0.1) is 5.69 Å². The molecule has 1 fully saturated rings. The molecule has 32 heavy (non-hydrogen) atoms. The molecule has 10 heteroatoms. The van der Waals surface area contributed by atoms with Crippen LogP contribution in [0.3, 0.4) is 0 Å². The maximum absolute atomic E-state index is 14.0. The van der Waals surface area contributed by atoms with Crippen LogP contribution in [0.25, 0.3) is 0 Å². The van der Waals surface area contributed by atoms with Crippen LogP contribution in [0.5, 0.6) is 11.5 Å². The summed E-state index contributed by atoms with van der Waals surface area (Å²) in [6.07, 6.45) is 1.37. The molecule has 1 aromatic heterocycles. The van der Waals surface area contributed by atoms with Gasteiger partial charge in [-0.1, -0.05) is 6.07 Å². The molecule has 1 saturated heterocycles. The van der Waals surface area contributed by atoms with Crippen molar-refractivity contribution in [3.8, 4) is 11.5 Å². The maximum Gasteiger partial charge on any atom is 0.231 e. The van der Waals surface area contributed by atoms with Gasteiger partial charge in [0.1, 0.15) is 23.6 Å². The molecule has 5 rings (SSSR count). The van der Waals surface area contributed by atoms with Crippen LogP contribution in [0.15, 0.2) is 42.7 Å². The van der Waals surface area contributed by atoms with Crippen molar-refractivity contribution in [3.05, 3.63) is 59.9 Å². The summed E-state index contributed by atoms with van der Waals surface area (Å²) in [4.78, 5) is 12.8. The second kappa shape index (κ2) is 8.46. The van der Waals surface area contributed by atoms with E-state index >= 15 is 0 Å². The molecule has 3 N–H and O–H groups in total. The number of nitrogens with one attached hydrogen (secondary N) is 1. The van der Waals surface area contributed by atoms with Gasteiger partial charge in [-0.05, 0) is 29.8 Å². The Morgan fingerprint density at radius 2 is 1.78 bits per heavy atom. The fourth-order valence-corrected chi connectivity index (χ4v) is 3.87. The lowest BCUT2D eigenvalue weighted by molar-refractivity contribution is 0.174. The Hall–Kier alpha value is -3.66. The highest BCUT2D eigenvalue weighted by Gasteiger charge is 2.22. The number of hydrogen-bond donors (Lipinski definition) is 2. The standard InChI is InChI=1S/C22H22F2N6O2/c23-15-2-3-16(24)17(10-15)28-21-20(25)22(27-12-26-21)30-7-5-29(6-8-30)11-14-1-4-18-19(9-14)32-13-31-18/h1-4,9-10,12H,5-8,11,13,25H2,(H,26,27,28). The third kappa shape index (κ3) is 4.09. The molecule has 3 heterocycles. The zero-order valence-electron chi connectivity index (χ0n) is 17.2. The van der Waals surface area contributed by atoms with Crippen LogP contribution in [-0.2, 0) is 6.54 Å². The van der Waals surface area contributed by atoms with Gasteiger partial charge in [-0.15, -0.1) is 0 Å². The fourth-order valence-electron chi connectivity index (χ4n) is 3.87. The minimum Gasteiger partial charge on any atom is -0.454 e. The van der Waals surface area contributed by atoms with E-state index in [1.165, 1.54) is 6.33 Å². The van der Waals surface area contributed by atoms with Gasteiger partial charge < -0.3 is 25.4 Å². The molecule has 3 aromatic rings. The number of hydrogen-bond acceptors (Lipinski definition) is 8. The summed E-state index contributed by atoms with van der Waals surface area (Å²) in [5.74, 6) is 1.22. The number of rotatable bonds is 5. The van der Waals surface area contributed by atoms with Crippen LogP contribution >= 0.6 is 0 Å². The van der Waals surface area contributed by atoms with Crippen LogP contribution in [0, 0.1) is 11.6 Å². The van der Waals surface area contributed by atoms with Crippen molar-refractivity contribution in [3.63, 3.8) is 0 Å². The highest BCUT2D eigenvalue weighted by molar-refractivity contribution is 5.78. The van der Waals surface area contributed by atoms with Crippen LogP contribution in [0.2, 0.25) is 0 Å². The summed E-state index contributed by atoms with van der Waals surface area (Å²) in [7, 11) is 0. The van der Waals surface area contributed by atoms with E-state index in [0.717, 1.165) is 68.0 Å². The van der Waals surface area contributed by atoms with Gasteiger partial charge in [-0.2, -0.15) is 0 Å². The smallest absolute Gasteiger partial charge is 0.231 e. The van der Waals surface area contributed by atoms with Gasteiger partial charge in [0.25, 0.3) is 0 Å². The average molecular weight is 440 g/mol. The highest BCUT2D eigenvalue weighted by Crippen LogP contribution is 2.33. The van der Waals surface area contributed by atoms with E-state index in [0.29, 0.717) is 11.5 Å². The quantitative estimate of drug-likeness (QED) is 0.626. The molecule has 0 atom stereocenters. The molecule has 0 amide bonds. The number of piperazine rings is 1. The van der Waals surface area contributed by atoms with E-state index in [2.05, 4.69) is 25.1 Å². The Kier molecular flexibility index (Phi) is 5.36. The summed E-state index contributed by atoms with van der Waals surface area (Å²) in [5, 5.41) is 2.77. The van der Waals surface area contributed by atoms with E-state index in [9.17, 15) is 8.78 Å². The molecule has 0 radical (unpaired) electrons. The molecular weight excluding hydrogens is 418 g/mol. The monoisotopic (exact) mass is 440 g/mol. The minimum atomic E-state index is -0.594. The summed E-state index contributed by atoms with van der Waals surface area (Å²) in [6.45, 7) is 4.15. The molecule has 2 aliphatic rings. The fraction of sp³-hybridized carbons (Fsp3) is 0.273. The van der Waals surface area contributed by atoms with Gasteiger partial charge in [0.15, 0.2) is 23.1 Å².